The van der Waals surface area contributed by atoms with E-state index in [0.717, 1.165) is 30.7 Å². The molecule has 0 amide bonds. The summed E-state index contributed by atoms with van der Waals surface area (Å²) in [6.07, 6.45) is 1.30. The van der Waals surface area contributed by atoms with Crippen LogP contribution in [0.25, 0.3) is 66.6 Å². The number of pyridine rings is 1. The number of hydrogen-bond donors (Lipinski definition) is 0. The molecule has 20 rings (SSSR count). The maximum absolute atomic E-state index is 15.8. The summed E-state index contributed by atoms with van der Waals surface area (Å²) >= 11 is 17.7. The molecule has 4 aliphatic heterocycles. The molecule has 18 nitrogen and oxygen atoms in total. The fourth-order valence-electron chi connectivity index (χ4n) is 17.0. The Hall–Kier alpha value is -13.2. The van der Waals surface area contributed by atoms with E-state index >= 15 is 30.7 Å². The van der Waals surface area contributed by atoms with Crippen molar-refractivity contribution in [2.24, 2.45) is 5.41 Å². The highest BCUT2D eigenvalue weighted by Gasteiger charge is 2.48. The average molecular weight is 1880 g/mol. The Balaban J connectivity index is 0.000000134. The molecule has 1 saturated heterocycles. The van der Waals surface area contributed by atoms with Crippen LogP contribution in [0.15, 0.2) is 188 Å². The molecule has 5 aliphatic rings. The molecule has 0 N–H and O–H groups in total. The minimum Gasteiger partial charge on any atom is -0.444 e. The van der Waals surface area contributed by atoms with Crippen molar-refractivity contribution >= 4 is 85.4 Å². The lowest BCUT2D eigenvalue weighted by Gasteiger charge is -2.27. The highest BCUT2D eigenvalue weighted by Crippen LogP contribution is 2.55. The number of carbonyl (C=O) groups is 3. The van der Waals surface area contributed by atoms with Gasteiger partial charge in [0.15, 0.2) is 69.1 Å². The zero-order chi connectivity index (χ0) is 93.8. The molecule has 133 heavy (non-hydrogen) atoms. The molecule has 32 heteroatoms. The Morgan fingerprint density at radius 1 is 0.436 bits per heavy atom. The Morgan fingerprint density at radius 3 is 1.27 bits per heavy atom. The van der Waals surface area contributed by atoms with E-state index in [-0.39, 0.29) is 143 Å². The van der Waals surface area contributed by atoms with Gasteiger partial charge in [0, 0.05) is 144 Å². The van der Waals surface area contributed by atoms with E-state index in [1.165, 1.54) is 107 Å². The molecule has 11 aromatic carbocycles. The Morgan fingerprint density at radius 2 is 0.850 bits per heavy atom. The molecule has 0 spiro atoms. The predicted molar refractivity (Wildman–Crippen MR) is 475 cm³/mol. The summed E-state index contributed by atoms with van der Waals surface area (Å²) < 4.78 is 221. The number of fused-ring (bicyclic) bond motifs is 6. The van der Waals surface area contributed by atoms with Crippen LogP contribution >= 0.6 is 34.8 Å². The van der Waals surface area contributed by atoms with Gasteiger partial charge in [0.1, 0.15) is 75.2 Å². The van der Waals surface area contributed by atoms with Gasteiger partial charge in [-0.25, -0.2) is 63.8 Å². The first kappa shape index (κ1) is 90.4. The van der Waals surface area contributed by atoms with Crippen molar-refractivity contribution in [2.45, 2.75) is 123 Å². The first-order chi connectivity index (χ1) is 63.6. The normalized spacial score (nSPS) is 17.6. The van der Waals surface area contributed by atoms with Crippen LogP contribution in [-0.4, -0.2) is 84.1 Å². The van der Waals surface area contributed by atoms with Crippen LogP contribution in [0, 0.1) is 63.6 Å². The van der Waals surface area contributed by atoms with Crippen molar-refractivity contribution in [3.63, 3.8) is 0 Å². The number of Topliss-reactive ketones (excluding diaryl/α,β-unsaturated/α-hetero) is 3. The number of para-hydroxylation sites is 3. The molecule has 0 bridgehead atoms. The second-order valence-corrected chi connectivity index (χ2v) is 34.9. The highest BCUT2D eigenvalue weighted by molar-refractivity contribution is 6.31. The number of methoxy groups -OCH3 is 1. The number of halogens is 14. The number of ether oxygens (including phenoxy) is 8. The van der Waals surface area contributed by atoms with Gasteiger partial charge in [-0.05, 0) is 196 Å². The van der Waals surface area contributed by atoms with Gasteiger partial charge in [0.2, 0.25) is 0 Å². The SMILES string of the molecule is CC(=O)c1ccc2nc(Cc3c(F)cc(-c4cccc5c4OC(C)(c4ccc(Cl)cc4F)O5)c(F)c3F)n(C[C@@H]3CCO3)c2c1.CC(=O)c1ccc2nc(Cc3c(F)cc(-c4cccc5c4OC(C)(c4ccc(Cl)cc4F)O5)cc3F)n(CC3(CF)CC3)c2n1.COCCn1c(Cc2c(F)cc(-c3cccc4c3OC(C)(c3ccc(Cl)cc3F)O4)cc2F)nc2ccc(C(C)=O)cc21. The van der Waals surface area contributed by atoms with Gasteiger partial charge in [-0.3, -0.25) is 18.8 Å². The van der Waals surface area contributed by atoms with Gasteiger partial charge >= 0.3 is 0 Å². The molecule has 3 unspecified atom stereocenters. The summed E-state index contributed by atoms with van der Waals surface area (Å²) in [6, 6.07) is 45.6. The van der Waals surface area contributed by atoms with Gasteiger partial charge in [-0.2, -0.15) is 0 Å². The van der Waals surface area contributed by atoms with E-state index < -0.39 is 98.8 Å². The molecular formula is C101H77Cl3F11N7O11. The lowest BCUT2D eigenvalue weighted by Crippen LogP contribution is -2.32. The number of imidazole rings is 3. The number of carbonyl (C=O) groups excluding carboxylic acids is 3. The summed E-state index contributed by atoms with van der Waals surface area (Å²) in [5, 5.41) is 0.614. The second kappa shape index (κ2) is 35.4. The molecule has 1 aliphatic carbocycles. The van der Waals surface area contributed by atoms with Crippen molar-refractivity contribution in [1.29, 1.82) is 0 Å². The molecule has 0 radical (unpaired) electrons. The van der Waals surface area contributed by atoms with Crippen molar-refractivity contribution < 1.29 is 101 Å². The minimum absolute atomic E-state index is 0.00312. The second-order valence-electron chi connectivity index (χ2n) is 33.6. The highest BCUT2D eigenvalue weighted by atomic mass is 35.5. The number of hydrogen-bond acceptors (Lipinski definition) is 15. The molecule has 680 valence electrons. The predicted octanol–water partition coefficient (Wildman–Crippen LogP) is 24.4. The van der Waals surface area contributed by atoms with Crippen molar-refractivity contribution in [3.05, 3.63) is 329 Å². The fourth-order valence-corrected chi connectivity index (χ4v) is 17.5. The summed E-state index contributed by atoms with van der Waals surface area (Å²) in [4.78, 5) is 54.2. The van der Waals surface area contributed by atoms with E-state index in [4.69, 9.17) is 72.7 Å². The Labute approximate surface area is 767 Å². The topological polar surface area (TPSA) is 191 Å². The van der Waals surface area contributed by atoms with E-state index in [1.54, 1.807) is 115 Å². The van der Waals surface area contributed by atoms with Gasteiger partial charge in [0.05, 0.1) is 64.7 Å². The number of rotatable bonds is 23. The largest absolute Gasteiger partial charge is 0.444 e. The molecule has 4 atom stereocenters. The molecular weight excluding hydrogens is 1800 g/mol. The van der Waals surface area contributed by atoms with E-state index in [9.17, 15) is 31.9 Å². The van der Waals surface area contributed by atoms with Crippen LogP contribution in [0.3, 0.4) is 0 Å². The van der Waals surface area contributed by atoms with Gasteiger partial charge in [-0.1, -0.05) is 71.2 Å². The maximum atomic E-state index is 15.8. The Kier molecular flexibility index (Phi) is 24.1. The lowest BCUT2D eigenvalue weighted by atomic mass is 9.99. The zero-order valence-corrected chi connectivity index (χ0v) is 74.1. The fraction of sp³-hybridized carbons (Fsp3) is 0.238. The average Bonchev–Trinajstić information content (AvgIpc) is 1.62. The van der Waals surface area contributed by atoms with E-state index in [2.05, 4.69) is 19.9 Å². The van der Waals surface area contributed by atoms with E-state index in [1.807, 2.05) is 4.57 Å². The van der Waals surface area contributed by atoms with Crippen molar-refractivity contribution in [2.75, 3.05) is 27.0 Å². The zero-order valence-electron chi connectivity index (χ0n) is 71.9. The summed E-state index contributed by atoms with van der Waals surface area (Å²) in [6.45, 7) is 10.2. The quantitative estimate of drug-likeness (QED) is 0.0333. The summed E-state index contributed by atoms with van der Waals surface area (Å²) in [5.41, 5.74) is 3.98. The van der Waals surface area contributed by atoms with Gasteiger partial charge < -0.3 is 51.6 Å². The molecule has 15 aromatic rings. The van der Waals surface area contributed by atoms with Crippen LogP contribution in [0.5, 0.6) is 34.5 Å². The number of aromatic nitrogens is 7. The molecule has 8 heterocycles. The third-order valence-corrected chi connectivity index (χ3v) is 25.1. The number of benzene rings is 11. The van der Waals surface area contributed by atoms with Gasteiger partial charge in [0.25, 0.3) is 17.4 Å². The van der Waals surface area contributed by atoms with Crippen LogP contribution < -0.4 is 28.4 Å². The molecule has 1 saturated carbocycles. The van der Waals surface area contributed by atoms with Crippen LogP contribution in [0.4, 0.5) is 48.3 Å². The third kappa shape index (κ3) is 17.3. The minimum atomic E-state index is -1.65. The van der Waals surface area contributed by atoms with Crippen molar-refractivity contribution in [3.8, 4) is 67.9 Å². The number of alkyl halides is 1. The summed E-state index contributed by atoms with van der Waals surface area (Å²) in [5.74, 6) is -11.8. The van der Waals surface area contributed by atoms with Gasteiger partial charge in [-0.15, -0.1) is 0 Å². The number of nitrogens with zero attached hydrogens (tertiary/aromatic N) is 7. The van der Waals surface area contributed by atoms with E-state index in [0.29, 0.717) is 118 Å². The third-order valence-electron chi connectivity index (χ3n) is 24.4. The number of ketones is 3. The van der Waals surface area contributed by atoms with Crippen LogP contribution in [0.1, 0.15) is 143 Å². The first-order valence-electron chi connectivity index (χ1n) is 42.2. The molecule has 2 fully saturated rings. The van der Waals surface area contributed by atoms with Crippen LogP contribution in [-0.2, 0) is 65.7 Å². The monoisotopic (exact) mass is 1880 g/mol. The standard InChI is InChI=1S/C34H26ClF4N3O3.C34H25ClF4N2O4.C33H26ClF3N2O4/c1-18(43)27-8-9-28-32(41-27)42(17-34(16-36)10-11-34)30(40-28)15-22-24(37)12-19(13-25(22)38)21-4-3-5-29-31(21)45-33(2,44-29)23-7-6-20(35)14-26(23)39;1-17(42)18-6-9-27-28(12-18)41(16-20-10-11-43-20)30(40-27)15-23-25(36)14-22(31(38)32(23)39)21-4-3-5-29-33(21)45-34(2,44-29)24-8-7-19(35)13-26(24)37;1-18(40)19-7-10-28-29(15-19)39(11-12-41-3)31(38-28)17-23-25(35)13-20(14-26(23)36)22-5-4-6-30-32(22)43-33(2,42-30)24-9-8-21(34)16-27(24)37/h3-9,12-14H,10-11,15-17H2,1-2H3;3-9,12-14,20H,10-11,15-16H2,1-2H3;4-10,13-16H,11-12,17H2,1-3H3/t;20-,34?;/m.0./s1. The smallest absolute Gasteiger partial charge is 0.278 e. The summed E-state index contributed by atoms with van der Waals surface area (Å²) in [7, 11) is 1.56. The molecule has 4 aromatic heterocycles. The van der Waals surface area contributed by atoms with Crippen LogP contribution in [0.2, 0.25) is 15.1 Å². The Bertz CT molecular complexity index is 7260. The van der Waals surface area contributed by atoms with Crippen molar-refractivity contribution in [1.82, 2.24) is 33.6 Å². The lowest BCUT2D eigenvalue weighted by molar-refractivity contribution is -0.0709. The maximum Gasteiger partial charge on any atom is 0.278 e. The first-order valence-corrected chi connectivity index (χ1v) is 43.3.